The second-order valence-corrected chi connectivity index (χ2v) is 11.8. The van der Waals surface area contributed by atoms with Crippen molar-refractivity contribution < 1.29 is 0 Å². The van der Waals surface area contributed by atoms with E-state index in [-0.39, 0.29) is 0 Å². The van der Waals surface area contributed by atoms with E-state index in [0.717, 1.165) is 10.9 Å². The third-order valence-electron chi connectivity index (χ3n) is 6.81. The summed E-state index contributed by atoms with van der Waals surface area (Å²) in [5.41, 5.74) is 4.76. The lowest BCUT2D eigenvalue weighted by molar-refractivity contribution is 0.516. The molecule has 0 N–H and O–H groups in total. The molecule has 4 heteroatoms. The van der Waals surface area contributed by atoms with Gasteiger partial charge in [0.05, 0.1) is 10.6 Å². The molecule has 0 saturated heterocycles. The van der Waals surface area contributed by atoms with Crippen molar-refractivity contribution >= 4 is 29.2 Å². The van der Waals surface area contributed by atoms with Crippen LogP contribution in [0.15, 0.2) is 77.2 Å². The number of benzene rings is 2. The zero-order valence-electron chi connectivity index (χ0n) is 19.4. The first-order valence-electron chi connectivity index (χ1n) is 12.6. The molecule has 0 aliphatic heterocycles. The van der Waals surface area contributed by atoms with Gasteiger partial charge in [-0.3, -0.25) is 0 Å². The van der Waals surface area contributed by atoms with Gasteiger partial charge in [-0.25, -0.2) is 4.68 Å². The molecular weight excluding hydrogens is 440 g/mol. The van der Waals surface area contributed by atoms with Gasteiger partial charge < -0.3 is 0 Å². The van der Waals surface area contributed by atoms with Crippen molar-refractivity contribution in [3.8, 4) is 11.3 Å². The van der Waals surface area contributed by atoms with Crippen LogP contribution in [0.2, 0.25) is 0 Å². The van der Waals surface area contributed by atoms with Crippen LogP contribution in [0, 0.1) is 0 Å². The van der Waals surface area contributed by atoms with Gasteiger partial charge in [0.2, 0.25) is 0 Å². The normalized spacial score (nSPS) is 18.5. The van der Waals surface area contributed by atoms with E-state index in [1.807, 2.05) is 23.5 Å². The Morgan fingerprint density at radius 1 is 0.758 bits per heavy atom. The van der Waals surface area contributed by atoms with Crippen LogP contribution < -0.4 is 0 Å². The monoisotopic (exact) mass is 474 g/mol. The predicted molar refractivity (Wildman–Crippen MR) is 145 cm³/mol. The zero-order chi connectivity index (χ0) is 22.3. The maximum Gasteiger partial charge on any atom is 0.106 e. The maximum atomic E-state index is 5.20. The largest absolute Gasteiger partial charge is 0.238 e. The van der Waals surface area contributed by atoms with Crippen LogP contribution in [0.4, 0.5) is 0 Å². The molecule has 2 fully saturated rings. The minimum Gasteiger partial charge on any atom is -0.238 e. The summed E-state index contributed by atoms with van der Waals surface area (Å²) >= 11 is 4.06. The highest BCUT2D eigenvalue weighted by Crippen LogP contribution is 2.40. The Labute approximate surface area is 207 Å². The average Bonchev–Trinajstić information content (AvgIpc) is 3.30. The molecule has 0 atom stereocenters. The molecule has 2 aliphatic rings. The molecule has 0 bridgehead atoms. The Morgan fingerprint density at radius 3 is 2.03 bits per heavy atom. The Morgan fingerprint density at radius 2 is 1.36 bits per heavy atom. The van der Waals surface area contributed by atoms with E-state index in [1.54, 1.807) is 0 Å². The van der Waals surface area contributed by atoms with Crippen LogP contribution >= 0.6 is 23.5 Å². The van der Waals surface area contributed by atoms with Gasteiger partial charge in [-0.2, -0.15) is 5.10 Å². The number of thioether (sulfide) groups is 2. The van der Waals surface area contributed by atoms with Crippen LogP contribution in [-0.2, 0) is 0 Å². The summed E-state index contributed by atoms with van der Waals surface area (Å²) in [7, 11) is 0. The predicted octanol–water partition coefficient (Wildman–Crippen LogP) is 8.89. The fourth-order valence-electron chi connectivity index (χ4n) is 4.95. The van der Waals surface area contributed by atoms with Crippen LogP contribution in [0.3, 0.4) is 0 Å². The fourth-order valence-corrected chi connectivity index (χ4v) is 7.48. The van der Waals surface area contributed by atoms with Gasteiger partial charge >= 0.3 is 0 Å². The number of nitrogens with zero attached hydrogens (tertiary/aromatic N) is 2. The molecule has 0 spiro atoms. The number of rotatable bonds is 7. The molecule has 1 heterocycles. The Balaban J connectivity index is 1.51. The van der Waals surface area contributed by atoms with E-state index in [2.05, 4.69) is 77.0 Å². The molecule has 2 saturated carbocycles. The van der Waals surface area contributed by atoms with Crippen LogP contribution in [0.25, 0.3) is 17.0 Å². The second kappa shape index (κ2) is 11.5. The van der Waals surface area contributed by atoms with Gasteiger partial charge in [-0.15, -0.1) is 23.5 Å². The third-order valence-corrected chi connectivity index (χ3v) is 9.39. The smallest absolute Gasteiger partial charge is 0.106 e. The standard InChI is InChI=1S/C29H34N2S2/c1-5-13-23(14-6-1)27(22-32-25-17-9-3-10-18-25)31-21-28(33-26-19-11-4-12-20-26)29(30-31)24-15-7-2-8-16-24/h1-2,5-8,13-16,21-22,25-26H,3-4,9-12,17-20H2. The van der Waals surface area contributed by atoms with E-state index in [0.29, 0.717) is 5.25 Å². The quantitative estimate of drug-likeness (QED) is 0.340. The number of hydrogen-bond acceptors (Lipinski definition) is 3. The Hall–Kier alpha value is -1.91. The van der Waals surface area contributed by atoms with Gasteiger partial charge in [-0.05, 0) is 31.1 Å². The van der Waals surface area contributed by atoms with E-state index in [9.17, 15) is 0 Å². The van der Waals surface area contributed by atoms with Gasteiger partial charge in [0.15, 0.2) is 0 Å². The van der Waals surface area contributed by atoms with Crippen molar-refractivity contribution in [2.45, 2.75) is 79.6 Å². The average molecular weight is 475 g/mol. The lowest BCUT2D eigenvalue weighted by atomic mass is 10.0. The van der Waals surface area contributed by atoms with Crippen molar-refractivity contribution in [2.75, 3.05) is 0 Å². The highest BCUT2D eigenvalue weighted by atomic mass is 32.2. The molecule has 3 aromatic rings. The summed E-state index contributed by atoms with van der Waals surface area (Å²) < 4.78 is 2.15. The van der Waals surface area contributed by atoms with Gasteiger partial charge in [0, 0.05) is 27.8 Å². The molecule has 0 unspecified atom stereocenters. The van der Waals surface area contributed by atoms with Crippen molar-refractivity contribution in [3.63, 3.8) is 0 Å². The van der Waals surface area contributed by atoms with Gasteiger partial charge in [0.25, 0.3) is 0 Å². The molecule has 2 aliphatic carbocycles. The molecule has 0 radical (unpaired) electrons. The Bertz CT molecular complexity index is 1030. The molecular formula is C29H34N2S2. The molecule has 2 nitrogen and oxygen atoms in total. The highest BCUT2D eigenvalue weighted by molar-refractivity contribution is 8.02. The number of hydrogen-bond donors (Lipinski definition) is 0. The summed E-state index contributed by atoms with van der Waals surface area (Å²) in [5, 5.41) is 9.02. The number of aromatic nitrogens is 2. The third kappa shape index (κ3) is 5.96. The minimum atomic E-state index is 0.708. The summed E-state index contributed by atoms with van der Waals surface area (Å²) in [5.74, 6) is 0. The summed E-state index contributed by atoms with van der Waals surface area (Å²) in [6, 6.07) is 21.5. The van der Waals surface area contributed by atoms with E-state index < -0.39 is 0 Å². The lowest BCUT2D eigenvalue weighted by Gasteiger charge is -2.20. The molecule has 5 rings (SSSR count). The van der Waals surface area contributed by atoms with E-state index in [4.69, 9.17) is 5.10 Å². The first-order valence-corrected chi connectivity index (χ1v) is 14.4. The summed E-state index contributed by atoms with van der Waals surface area (Å²) in [6.07, 6.45) is 15.9. The maximum absolute atomic E-state index is 5.20. The van der Waals surface area contributed by atoms with Crippen molar-refractivity contribution in [2.24, 2.45) is 0 Å². The highest BCUT2D eigenvalue weighted by Gasteiger charge is 2.21. The topological polar surface area (TPSA) is 17.8 Å². The molecule has 172 valence electrons. The van der Waals surface area contributed by atoms with Crippen LogP contribution in [0.1, 0.15) is 69.8 Å². The summed E-state index contributed by atoms with van der Waals surface area (Å²) in [4.78, 5) is 1.32. The summed E-state index contributed by atoms with van der Waals surface area (Å²) in [6.45, 7) is 0. The van der Waals surface area contributed by atoms with Crippen molar-refractivity contribution in [3.05, 3.63) is 77.8 Å². The Kier molecular flexibility index (Phi) is 7.95. The van der Waals surface area contributed by atoms with Gasteiger partial charge in [0.1, 0.15) is 5.69 Å². The molecule has 2 aromatic carbocycles. The SMILES string of the molecule is C(SC1CCCCC1)=C(c1ccccc1)n1cc(SC2CCCCC2)c(-c2ccccc2)n1. The fraction of sp³-hybridized carbons (Fsp3) is 0.414. The molecule has 33 heavy (non-hydrogen) atoms. The first-order chi connectivity index (χ1) is 16.4. The minimum absolute atomic E-state index is 0.708. The molecule has 1 aromatic heterocycles. The van der Waals surface area contributed by atoms with E-state index in [1.165, 1.54) is 85.9 Å². The van der Waals surface area contributed by atoms with Crippen molar-refractivity contribution in [1.29, 1.82) is 0 Å². The van der Waals surface area contributed by atoms with Crippen LogP contribution in [-0.4, -0.2) is 20.3 Å². The first kappa shape index (κ1) is 22.9. The second-order valence-electron chi connectivity index (χ2n) is 9.30. The van der Waals surface area contributed by atoms with Crippen molar-refractivity contribution in [1.82, 2.24) is 9.78 Å². The zero-order valence-corrected chi connectivity index (χ0v) is 21.0. The molecule has 0 amide bonds. The van der Waals surface area contributed by atoms with Gasteiger partial charge in [-0.1, -0.05) is 99.2 Å². The lowest BCUT2D eigenvalue weighted by Crippen LogP contribution is -2.07. The van der Waals surface area contributed by atoms with Crippen LogP contribution in [0.5, 0.6) is 0 Å². The van der Waals surface area contributed by atoms with E-state index >= 15 is 0 Å².